The number of benzene rings is 1. The van der Waals surface area contributed by atoms with Gasteiger partial charge in [0.25, 0.3) is 0 Å². The van der Waals surface area contributed by atoms with Gasteiger partial charge in [-0.25, -0.2) is 4.39 Å². The molecule has 1 saturated heterocycles. The molecular weight excluding hydrogens is 486 g/mol. The van der Waals surface area contributed by atoms with Crippen molar-refractivity contribution in [3.63, 3.8) is 0 Å². The number of pyridine rings is 1. The molecule has 3 heterocycles. The Balaban J connectivity index is 1.91. The highest BCUT2D eigenvalue weighted by Gasteiger charge is 2.43. The molecule has 144 valence electrons. The minimum Gasteiger partial charge on any atom is -0.362 e. The summed E-state index contributed by atoms with van der Waals surface area (Å²) < 4.78 is 15.1. The molecule has 0 bridgehead atoms. The van der Waals surface area contributed by atoms with Gasteiger partial charge in [0.05, 0.1) is 17.8 Å². The van der Waals surface area contributed by atoms with E-state index < -0.39 is 0 Å². The standard InChI is InChI=1S/C21H20FIN4S/c1-11-10-14(7-8-15(11)22)27-20(17-12(2)25-13(3)18(17)23)19(26-21(27)28)16-6-4-5-9-24-16/h4-10,19-20,25H,1-3H3,(H,26,28)/t19-,20+/m1/s1. The number of anilines is 1. The summed E-state index contributed by atoms with van der Waals surface area (Å²) in [5, 5.41) is 4.06. The second-order valence-corrected chi connectivity index (χ2v) is 8.50. The van der Waals surface area contributed by atoms with Gasteiger partial charge in [0.2, 0.25) is 0 Å². The third-order valence-corrected chi connectivity index (χ3v) is 6.86. The first kappa shape index (κ1) is 19.3. The first-order chi connectivity index (χ1) is 13.4. The average molecular weight is 506 g/mol. The third-order valence-electron chi connectivity index (χ3n) is 5.16. The molecule has 0 radical (unpaired) electrons. The number of hydrogen-bond donors (Lipinski definition) is 2. The number of thiocarbonyl (C=S) groups is 1. The van der Waals surface area contributed by atoms with E-state index in [-0.39, 0.29) is 17.9 Å². The van der Waals surface area contributed by atoms with E-state index in [1.807, 2.05) is 24.3 Å². The predicted octanol–water partition coefficient (Wildman–Crippen LogP) is 5.26. The topological polar surface area (TPSA) is 44.0 Å². The van der Waals surface area contributed by atoms with E-state index in [4.69, 9.17) is 12.2 Å². The van der Waals surface area contributed by atoms with Gasteiger partial charge in [-0.15, -0.1) is 0 Å². The van der Waals surface area contributed by atoms with Crippen molar-refractivity contribution in [1.29, 1.82) is 0 Å². The molecule has 28 heavy (non-hydrogen) atoms. The average Bonchev–Trinajstić information content (AvgIpc) is 3.13. The quantitative estimate of drug-likeness (QED) is 0.376. The summed E-state index contributed by atoms with van der Waals surface area (Å²) in [6.07, 6.45) is 1.79. The van der Waals surface area contributed by atoms with Gasteiger partial charge < -0.3 is 15.2 Å². The molecule has 4 nitrogen and oxygen atoms in total. The Morgan fingerprint density at radius 2 is 1.93 bits per heavy atom. The lowest BCUT2D eigenvalue weighted by atomic mass is 9.96. The monoisotopic (exact) mass is 506 g/mol. The van der Waals surface area contributed by atoms with Crippen LogP contribution in [0, 0.1) is 30.2 Å². The Hall–Kier alpha value is -2.00. The highest BCUT2D eigenvalue weighted by molar-refractivity contribution is 14.1. The summed E-state index contributed by atoms with van der Waals surface area (Å²) in [5.74, 6) is -0.220. The maximum absolute atomic E-state index is 13.9. The summed E-state index contributed by atoms with van der Waals surface area (Å²) in [4.78, 5) is 10.1. The van der Waals surface area contributed by atoms with Crippen LogP contribution in [-0.4, -0.2) is 15.1 Å². The molecule has 2 N–H and O–H groups in total. The highest BCUT2D eigenvalue weighted by atomic mass is 127. The fourth-order valence-electron chi connectivity index (χ4n) is 3.83. The molecule has 2 atom stereocenters. The van der Waals surface area contributed by atoms with Crippen LogP contribution < -0.4 is 10.2 Å². The van der Waals surface area contributed by atoms with Crippen molar-refractivity contribution in [3.05, 3.63) is 80.2 Å². The van der Waals surface area contributed by atoms with E-state index in [0.717, 1.165) is 22.8 Å². The van der Waals surface area contributed by atoms with E-state index in [1.54, 1.807) is 19.2 Å². The highest BCUT2D eigenvalue weighted by Crippen LogP contribution is 2.44. The zero-order valence-corrected chi connectivity index (χ0v) is 18.7. The van der Waals surface area contributed by atoms with Gasteiger partial charge in [-0.05, 0) is 91.5 Å². The maximum atomic E-state index is 13.9. The first-order valence-electron chi connectivity index (χ1n) is 9.00. The number of aryl methyl sites for hydroxylation is 3. The number of rotatable bonds is 3. The smallest absolute Gasteiger partial charge is 0.174 e. The molecule has 0 saturated carbocycles. The third kappa shape index (κ3) is 3.20. The molecule has 0 aliphatic carbocycles. The second kappa shape index (κ2) is 7.44. The molecule has 0 unspecified atom stereocenters. The Labute approximate surface area is 182 Å². The van der Waals surface area contributed by atoms with Crippen LogP contribution in [0.25, 0.3) is 0 Å². The van der Waals surface area contributed by atoms with Gasteiger partial charge >= 0.3 is 0 Å². The minimum atomic E-state index is -0.220. The fourth-order valence-corrected chi connectivity index (χ4v) is 5.03. The number of nitrogens with zero attached hydrogens (tertiary/aromatic N) is 2. The van der Waals surface area contributed by atoms with Crippen LogP contribution in [0.3, 0.4) is 0 Å². The zero-order valence-electron chi connectivity index (χ0n) is 15.8. The van der Waals surface area contributed by atoms with Crippen LogP contribution in [0.2, 0.25) is 0 Å². The lowest BCUT2D eigenvalue weighted by Crippen LogP contribution is -2.30. The van der Waals surface area contributed by atoms with Crippen LogP contribution in [0.5, 0.6) is 0 Å². The van der Waals surface area contributed by atoms with Crippen LogP contribution in [0.15, 0.2) is 42.6 Å². The van der Waals surface area contributed by atoms with Crippen molar-refractivity contribution >= 4 is 45.6 Å². The van der Waals surface area contributed by atoms with E-state index >= 15 is 0 Å². The van der Waals surface area contributed by atoms with Gasteiger partial charge in [0, 0.05) is 32.4 Å². The predicted molar refractivity (Wildman–Crippen MR) is 122 cm³/mol. The Morgan fingerprint density at radius 3 is 2.54 bits per heavy atom. The zero-order chi connectivity index (χ0) is 20.0. The number of halogens is 2. The molecule has 4 rings (SSSR count). The summed E-state index contributed by atoms with van der Waals surface area (Å²) in [6.45, 7) is 5.92. The summed E-state index contributed by atoms with van der Waals surface area (Å²) in [5.41, 5.74) is 5.79. The Bertz CT molecular complexity index is 1050. The van der Waals surface area contributed by atoms with E-state index in [0.29, 0.717) is 10.7 Å². The van der Waals surface area contributed by atoms with Gasteiger partial charge in [-0.2, -0.15) is 0 Å². The molecule has 1 aliphatic heterocycles. The molecule has 1 fully saturated rings. The maximum Gasteiger partial charge on any atom is 0.174 e. The van der Waals surface area contributed by atoms with Crippen molar-refractivity contribution in [2.75, 3.05) is 4.90 Å². The summed E-state index contributed by atoms with van der Waals surface area (Å²) in [6, 6.07) is 10.8. The lowest BCUT2D eigenvalue weighted by molar-refractivity contribution is 0.564. The second-order valence-electron chi connectivity index (χ2n) is 7.03. The van der Waals surface area contributed by atoms with Crippen LogP contribution in [0.1, 0.15) is 40.3 Å². The summed E-state index contributed by atoms with van der Waals surface area (Å²) >= 11 is 8.11. The Kier molecular flexibility index (Phi) is 5.13. The van der Waals surface area contributed by atoms with E-state index in [9.17, 15) is 4.39 Å². The summed E-state index contributed by atoms with van der Waals surface area (Å²) in [7, 11) is 0. The number of aromatic amines is 1. The first-order valence-corrected chi connectivity index (χ1v) is 10.5. The van der Waals surface area contributed by atoms with Gasteiger partial charge in [0.15, 0.2) is 5.11 Å². The minimum absolute atomic E-state index is 0.0934. The molecule has 0 spiro atoms. The van der Waals surface area contributed by atoms with Gasteiger partial charge in [-0.1, -0.05) is 6.07 Å². The van der Waals surface area contributed by atoms with Crippen LogP contribution in [-0.2, 0) is 0 Å². The molecule has 2 aromatic heterocycles. The Morgan fingerprint density at radius 1 is 1.14 bits per heavy atom. The van der Waals surface area contributed by atoms with E-state index in [1.165, 1.54) is 15.2 Å². The lowest BCUT2D eigenvalue weighted by Gasteiger charge is -2.28. The SMILES string of the molecule is Cc1cc(N2C(=S)N[C@H](c3ccccn3)[C@@H]2c2c(C)[nH]c(C)c2I)ccc1F. The fraction of sp³-hybridized carbons (Fsp3) is 0.238. The normalized spacial score (nSPS) is 19.2. The van der Waals surface area contributed by atoms with Crippen LogP contribution >= 0.6 is 34.8 Å². The van der Waals surface area contributed by atoms with Gasteiger partial charge in [0.1, 0.15) is 5.82 Å². The largest absolute Gasteiger partial charge is 0.362 e. The van der Waals surface area contributed by atoms with Crippen molar-refractivity contribution in [2.45, 2.75) is 32.9 Å². The van der Waals surface area contributed by atoms with Crippen molar-refractivity contribution in [1.82, 2.24) is 15.3 Å². The number of nitrogens with one attached hydrogen (secondary N) is 2. The number of aromatic nitrogens is 2. The van der Waals surface area contributed by atoms with E-state index in [2.05, 4.69) is 56.6 Å². The van der Waals surface area contributed by atoms with Gasteiger partial charge in [-0.3, -0.25) is 4.98 Å². The molecule has 1 aromatic carbocycles. The molecule has 1 aliphatic rings. The molecule has 0 amide bonds. The van der Waals surface area contributed by atoms with Crippen molar-refractivity contribution in [2.24, 2.45) is 0 Å². The van der Waals surface area contributed by atoms with Crippen molar-refractivity contribution < 1.29 is 4.39 Å². The number of H-pyrrole nitrogens is 1. The van der Waals surface area contributed by atoms with Crippen molar-refractivity contribution in [3.8, 4) is 0 Å². The van der Waals surface area contributed by atoms with Crippen LogP contribution in [0.4, 0.5) is 10.1 Å². The molecular formula is C21H20FIN4S. The number of hydrogen-bond acceptors (Lipinski definition) is 2. The molecule has 7 heteroatoms. The molecule has 3 aromatic rings.